The Morgan fingerprint density at radius 3 is 2.53 bits per heavy atom. The molecule has 0 radical (unpaired) electrons. The minimum absolute atomic E-state index is 0.147. The standard InChI is InChI=1S/C27H36N2O5S2/c1-5-33-26(32)20(14-13-19-10-7-6-8-11-19)28-21-17-35-18-22(23-12-9-15-36-23)29(25(21)31)16-24(30)34-27(2,3)4/h6-12,15,20-22,28H,5,13-14,16-18H2,1-4H3. The third-order valence-corrected chi connectivity index (χ3v) is 7.74. The molecular formula is C27H36N2O5S2. The normalized spacial score (nSPS) is 19.4. The van der Waals surface area contributed by atoms with Gasteiger partial charge in [-0.3, -0.25) is 19.7 Å². The largest absolute Gasteiger partial charge is 0.465 e. The Bertz CT molecular complexity index is 991. The molecule has 0 aliphatic carbocycles. The number of hydrogen-bond donors (Lipinski definition) is 1. The van der Waals surface area contributed by atoms with Crippen LogP contribution in [0.5, 0.6) is 0 Å². The molecule has 0 bridgehead atoms. The van der Waals surface area contributed by atoms with Gasteiger partial charge in [-0.15, -0.1) is 11.3 Å². The maximum absolute atomic E-state index is 13.8. The number of amides is 1. The van der Waals surface area contributed by atoms with Gasteiger partial charge < -0.3 is 14.4 Å². The summed E-state index contributed by atoms with van der Waals surface area (Å²) in [5, 5.41) is 5.25. The topological polar surface area (TPSA) is 84.9 Å². The van der Waals surface area contributed by atoms with Crippen molar-refractivity contribution in [3.63, 3.8) is 0 Å². The Labute approximate surface area is 221 Å². The molecule has 1 amide bonds. The number of carbonyl (C=O) groups is 3. The number of rotatable bonds is 10. The number of thioether (sulfide) groups is 1. The molecule has 3 rings (SSSR count). The molecule has 1 aliphatic heterocycles. The molecule has 0 spiro atoms. The van der Waals surface area contributed by atoms with Crippen molar-refractivity contribution in [2.45, 2.75) is 64.3 Å². The number of nitrogens with zero attached hydrogens (tertiary/aromatic N) is 1. The second kappa shape index (κ2) is 13.3. The molecule has 9 heteroatoms. The highest BCUT2D eigenvalue weighted by Gasteiger charge is 2.38. The second-order valence-corrected chi connectivity index (χ2v) is 11.7. The number of aryl methyl sites for hydroxylation is 1. The van der Waals surface area contributed by atoms with Gasteiger partial charge in [0.05, 0.1) is 18.7 Å². The van der Waals surface area contributed by atoms with Crippen molar-refractivity contribution < 1.29 is 23.9 Å². The van der Waals surface area contributed by atoms with Crippen molar-refractivity contribution in [3.05, 3.63) is 58.3 Å². The Hall–Kier alpha value is -2.36. The lowest BCUT2D eigenvalue weighted by Crippen LogP contribution is -2.54. The van der Waals surface area contributed by atoms with Crippen molar-refractivity contribution in [2.24, 2.45) is 0 Å². The molecule has 196 valence electrons. The predicted molar refractivity (Wildman–Crippen MR) is 144 cm³/mol. The molecule has 1 fully saturated rings. The van der Waals surface area contributed by atoms with Crippen LogP contribution < -0.4 is 5.32 Å². The van der Waals surface area contributed by atoms with Gasteiger partial charge in [-0.05, 0) is 57.5 Å². The van der Waals surface area contributed by atoms with Crippen molar-refractivity contribution in [3.8, 4) is 0 Å². The quantitative estimate of drug-likeness (QED) is 0.459. The highest BCUT2D eigenvalue weighted by molar-refractivity contribution is 7.99. The number of benzene rings is 1. The number of thiophene rings is 1. The van der Waals surface area contributed by atoms with Crippen LogP contribution in [-0.4, -0.2) is 65.1 Å². The number of ether oxygens (including phenoxy) is 2. The van der Waals surface area contributed by atoms with E-state index in [1.807, 2.05) is 68.6 Å². The van der Waals surface area contributed by atoms with Gasteiger partial charge in [-0.2, -0.15) is 11.8 Å². The van der Waals surface area contributed by atoms with E-state index in [1.165, 1.54) is 0 Å². The average Bonchev–Trinajstić information content (AvgIpc) is 3.31. The third-order valence-electron chi connectivity index (χ3n) is 5.65. The van der Waals surface area contributed by atoms with Crippen molar-refractivity contribution in [1.82, 2.24) is 10.2 Å². The average molecular weight is 533 g/mol. The van der Waals surface area contributed by atoms with Crippen LogP contribution in [0, 0.1) is 0 Å². The van der Waals surface area contributed by atoms with Gasteiger partial charge in [0.2, 0.25) is 5.91 Å². The first-order chi connectivity index (χ1) is 17.2. The van der Waals surface area contributed by atoms with Crippen LogP contribution in [0.3, 0.4) is 0 Å². The summed E-state index contributed by atoms with van der Waals surface area (Å²) in [6, 6.07) is 12.3. The summed E-state index contributed by atoms with van der Waals surface area (Å²) in [7, 11) is 0. The summed E-state index contributed by atoms with van der Waals surface area (Å²) < 4.78 is 10.9. The van der Waals surface area contributed by atoms with E-state index in [9.17, 15) is 14.4 Å². The fraction of sp³-hybridized carbons (Fsp3) is 0.519. The number of carbonyl (C=O) groups excluding carboxylic acids is 3. The first-order valence-electron chi connectivity index (χ1n) is 12.3. The lowest BCUT2D eigenvalue weighted by atomic mass is 10.0. The van der Waals surface area contributed by atoms with E-state index in [4.69, 9.17) is 9.47 Å². The van der Waals surface area contributed by atoms with Crippen LogP contribution in [0.4, 0.5) is 0 Å². The molecule has 7 nitrogen and oxygen atoms in total. The molecule has 36 heavy (non-hydrogen) atoms. The van der Waals surface area contributed by atoms with Crippen LogP contribution in [0.1, 0.15) is 50.6 Å². The third kappa shape index (κ3) is 8.35. The molecule has 2 aromatic rings. The zero-order valence-corrected chi connectivity index (χ0v) is 23.0. The monoisotopic (exact) mass is 532 g/mol. The first-order valence-corrected chi connectivity index (χ1v) is 14.3. The number of nitrogens with one attached hydrogen (secondary N) is 1. The molecule has 1 aromatic carbocycles. The van der Waals surface area contributed by atoms with E-state index in [2.05, 4.69) is 5.32 Å². The molecule has 0 saturated carbocycles. The minimum atomic E-state index is -0.650. The van der Waals surface area contributed by atoms with Gasteiger partial charge in [-0.1, -0.05) is 36.4 Å². The Balaban J connectivity index is 1.80. The Morgan fingerprint density at radius 2 is 1.89 bits per heavy atom. The second-order valence-electron chi connectivity index (χ2n) is 9.67. The molecular weight excluding hydrogens is 496 g/mol. The van der Waals surface area contributed by atoms with Gasteiger partial charge in [-0.25, -0.2) is 0 Å². The summed E-state index contributed by atoms with van der Waals surface area (Å²) in [4.78, 5) is 42.0. The molecule has 3 atom stereocenters. The minimum Gasteiger partial charge on any atom is -0.465 e. The Kier molecular flexibility index (Phi) is 10.4. The fourth-order valence-electron chi connectivity index (χ4n) is 4.06. The van der Waals surface area contributed by atoms with Gasteiger partial charge >= 0.3 is 11.9 Å². The van der Waals surface area contributed by atoms with E-state index in [0.29, 0.717) is 24.3 Å². The van der Waals surface area contributed by atoms with Gasteiger partial charge in [0.1, 0.15) is 18.2 Å². The van der Waals surface area contributed by atoms with Crippen molar-refractivity contribution in [2.75, 3.05) is 24.7 Å². The first kappa shape index (κ1) is 28.2. The number of esters is 2. The maximum atomic E-state index is 13.8. The SMILES string of the molecule is CCOC(=O)C(CCc1ccccc1)NC1CSCC(c2cccs2)N(CC(=O)OC(C)(C)C)C1=O. The van der Waals surface area contributed by atoms with E-state index in [1.54, 1.807) is 34.9 Å². The lowest BCUT2D eigenvalue weighted by Gasteiger charge is -2.32. The van der Waals surface area contributed by atoms with Crippen molar-refractivity contribution in [1.29, 1.82) is 0 Å². The summed E-state index contributed by atoms with van der Waals surface area (Å²) in [5.74, 6) is 0.116. The Morgan fingerprint density at radius 1 is 1.14 bits per heavy atom. The molecule has 1 N–H and O–H groups in total. The molecule has 3 unspecified atom stereocenters. The molecule has 2 heterocycles. The van der Waals surface area contributed by atoms with Gasteiger partial charge in [0, 0.05) is 16.4 Å². The summed E-state index contributed by atoms with van der Waals surface area (Å²) >= 11 is 3.20. The van der Waals surface area contributed by atoms with E-state index >= 15 is 0 Å². The van der Waals surface area contributed by atoms with E-state index in [-0.39, 0.29) is 31.1 Å². The summed E-state index contributed by atoms with van der Waals surface area (Å²) in [5.41, 5.74) is 0.461. The van der Waals surface area contributed by atoms with Crippen LogP contribution in [0.15, 0.2) is 47.8 Å². The highest BCUT2D eigenvalue weighted by Crippen LogP contribution is 2.32. The highest BCUT2D eigenvalue weighted by atomic mass is 32.2. The van der Waals surface area contributed by atoms with Crippen LogP contribution in [-0.2, 0) is 30.3 Å². The van der Waals surface area contributed by atoms with Crippen LogP contribution >= 0.6 is 23.1 Å². The zero-order valence-electron chi connectivity index (χ0n) is 21.4. The number of hydrogen-bond acceptors (Lipinski definition) is 8. The van der Waals surface area contributed by atoms with Gasteiger partial charge in [0.25, 0.3) is 0 Å². The zero-order chi connectivity index (χ0) is 26.1. The summed E-state index contributed by atoms with van der Waals surface area (Å²) in [6.45, 7) is 7.31. The smallest absolute Gasteiger partial charge is 0.326 e. The predicted octanol–water partition coefficient (Wildman–Crippen LogP) is 4.23. The molecule has 1 saturated heterocycles. The van der Waals surface area contributed by atoms with E-state index in [0.717, 1.165) is 10.4 Å². The fourth-order valence-corrected chi connectivity index (χ4v) is 6.20. The van der Waals surface area contributed by atoms with Crippen molar-refractivity contribution >= 4 is 40.9 Å². The lowest BCUT2D eigenvalue weighted by molar-refractivity contribution is -0.160. The van der Waals surface area contributed by atoms with Crippen LogP contribution in [0.2, 0.25) is 0 Å². The summed E-state index contributed by atoms with van der Waals surface area (Å²) in [6.07, 6.45) is 1.17. The van der Waals surface area contributed by atoms with E-state index < -0.39 is 23.7 Å². The maximum Gasteiger partial charge on any atom is 0.326 e. The van der Waals surface area contributed by atoms with Gasteiger partial charge in [0.15, 0.2) is 0 Å². The molecule has 1 aliphatic rings. The van der Waals surface area contributed by atoms with Crippen LogP contribution in [0.25, 0.3) is 0 Å². The molecule has 1 aromatic heterocycles.